The van der Waals surface area contributed by atoms with Crippen LogP contribution in [0.2, 0.25) is 0 Å². The SMILES string of the molecule is COCCC(=O)N1CCc2nc(COc3ccccc3)c3c(c2C1)CO[C@@H](C)C3. The maximum atomic E-state index is 12.5. The van der Waals surface area contributed by atoms with E-state index in [1.54, 1.807) is 7.11 Å². The van der Waals surface area contributed by atoms with E-state index in [-0.39, 0.29) is 12.0 Å². The lowest BCUT2D eigenvalue weighted by molar-refractivity contribution is -0.133. The quantitative estimate of drug-likeness (QED) is 0.751. The molecule has 4 rings (SSSR count). The summed E-state index contributed by atoms with van der Waals surface area (Å²) >= 11 is 0. The minimum atomic E-state index is 0.132. The summed E-state index contributed by atoms with van der Waals surface area (Å²) in [6.45, 7) is 4.85. The number of nitrogens with zero attached hydrogens (tertiary/aromatic N) is 2. The third-order valence-corrected chi connectivity index (χ3v) is 5.66. The average Bonchev–Trinajstić information content (AvgIpc) is 2.76. The van der Waals surface area contributed by atoms with E-state index in [1.165, 1.54) is 11.1 Å². The highest BCUT2D eigenvalue weighted by molar-refractivity contribution is 5.76. The molecule has 2 aliphatic heterocycles. The molecule has 0 unspecified atom stereocenters. The van der Waals surface area contributed by atoms with Gasteiger partial charge in [0.15, 0.2) is 0 Å². The monoisotopic (exact) mass is 396 g/mol. The summed E-state index contributed by atoms with van der Waals surface area (Å²) in [5.41, 5.74) is 5.65. The van der Waals surface area contributed by atoms with Crippen LogP contribution < -0.4 is 4.74 Å². The fourth-order valence-electron chi connectivity index (χ4n) is 4.07. The summed E-state index contributed by atoms with van der Waals surface area (Å²) in [5, 5.41) is 0. The molecule has 6 heteroatoms. The van der Waals surface area contributed by atoms with Gasteiger partial charge < -0.3 is 19.1 Å². The lowest BCUT2D eigenvalue weighted by atomic mass is 9.90. The molecule has 0 radical (unpaired) electrons. The molecule has 0 N–H and O–H groups in total. The molecule has 29 heavy (non-hydrogen) atoms. The Kier molecular flexibility index (Phi) is 6.11. The molecule has 1 aromatic heterocycles. The first kappa shape index (κ1) is 19.9. The van der Waals surface area contributed by atoms with Gasteiger partial charge in [0.2, 0.25) is 5.91 Å². The zero-order valence-electron chi connectivity index (χ0n) is 17.1. The van der Waals surface area contributed by atoms with Crippen LogP contribution in [0.5, 0.6) is 5.75 Å². The summed E-state index contributed by atoms with van der Waals surface area (Å²) in [6, 6.07) is 9.83. The maximum absolute atomic E-state index is 12.5. The lowest BCUT2D eigenvalue weighted by Crippen LogP contribution is -2.38. The molecule has 6 nitrogen and oxygen atoms in total. The lowest BCUT2D eigenvalue weighted by Gasteiger charge is -2.34. The minimum absolute atomic E-state index is 0.132. The van der Waals surface area contributed by atoms with Gasteiger partial charge in [-0.25, -0.2) is 0 Å². The summed E-state index contributed by atoms with van der Waals surface area (Å²) < 4.78 is 17.0. The Morgan fingerprint density at radius 2 is 2.07 bits per heavy atom. The molecule has 0 bridgehead atoms. The van der Waals surface area contributed by atoms with Crippen LogP contribution in [-0.4, -0.2) is 42.2 Å². The van der Waals surface area contributed by atoms with Crippen LogP contribution in [0.3, 0.4) is 0 Å². The number of carbonyl (C=O) groups excluding carboxylic acids is 1. The summed E-state index contributed by atoms with van der Waals surface area (Å²) in [6.07, 6.45) is 2.15. The zero-order valence-corrected chi connectivity index (χ0v) is 17.1. The van der Waals surface area contributed by atoms with Crippen LogP contribution in [0.1, 0.15) is 41.4 Å². The number of benzene rings is 1. The molecule has 1 aromatic carbocycles. The molecular formula is C23H28N2O4. The molecule has 0 aliphatic carbocycles. The van der Waals surface area contributed by atoms with Gasteiger partial charge in [-0.2, -0.15) is 0 Å². The van der Waals surface area contributed by atoms with Gasteiger partial charge in [-0.3, -0.25) is 9.78 Å². The van der Waals surface area contributed by atoms with E-state index in [1.807, 2.05) is 35.2 Å². The first-order chi connectivity index (χ1) is 14.2. The highest BCUT2D eigenvalue weighted by Gasteiger charge is 2.30. The predicted molar refractivity (Wildman–Crippen MR) is 109 cm³/mol. The van der Waals surface area contributed by atoms with Gasteiger partial charge in [0, 0.05) is 38.7 Å². The molecule has 1 amide bonds. The minimum Gasteiger partial charge on any atom is -0.487 e. The number of rotatable bonds is 6. The number of hydrogen-bond acceptors (Lipinski definition) is 5. The van der Waals surface area contributed by atoms with Crippen molar-refractivity contribution in [3.05, 3.63) is 58.4 Å². The second-order valence-electron chi connectivity index (χ2n) is 7.68. The number of hydrogen-bond donors (Lipinski definition) is 0. The van der Waals surface area contributed by atoms with Crippen molar-refractivity contribution in [3.63, 3.8) is 0 Å². The van der Waals surface area contributed by atoms with Crippen molar-refractivity contribution < 1.29 is 19.0 Å². The van der Waals surface area contributed by atoms with Gasteiger partial charge >= 0.3 is 0 Å². The van der Waals surface area contributed by atoms with E-state index in [0.29, 0.717) is 39.3 Å². The number of fused-ring (bicyclic) bond motifs is 3. The number of aromatic nitrogens is 1. The van der Waals surface area contributed by atoms with Crippen molar-refractivity contribution in [3.8, 4) is 5.75 Å². The van der Waals surface area contributed by atoms with E-state index >= 15 is 0 Å². The Bertz CT molecular complexity index is 869. The molecule has 3 heterocycles. The van der Waals surface area contributed by atoms with Gasteiger partial charge in [0.05, 0.1) is 31.4 Å². The van der Waals surface area contributed by atoms with Gasteiger partial charge in [0.25, 0.3) is 0 Å². The van der Waals surface area contributed by atoms with Crippen LogP contribution in [0.25, 0.3) is 0 Å². The molecule has 154 valence electrons. The Morgan fingerprint density at radius 3 is 2.86 bits per heavy atom. The Hall–Kier alpha value is -2.44. The summed E-state index contributed by atoms with van der Waals surface area (Å²) in [7, 11) is 1.62. The van der Waals surface area contributed by atoms with Gasteiger partial charge in [-0.05, 0) is 35.7 Å². The normalized spacial score (nSPS) is 18.1. The van der Waals surface area contributed by atoms with E-state index in [9.17, 15) is 4.79 Å². The zero-order chi connectivity index (χ0) is 20.2. The van der Waals surface area contributed by atoms with E-state index in [4.69, 9.17) is 19.2 Å². The highest BCUT2D eigenvalue weighted by atomic mass is 16.5. The smallest absolute Gasteiger partial charge is 0.225 e. The number of carbonyl (C=O) groups is 1. The molecule has 2 aliphatic rings. The molecule has 2 aromatic rings. The number of ether oxygens (including phenoxy) is 3. The molecule has 0 saturated carbocycles. The van der Waals surface area contributed by atoms with Crippen molar-refractivity contribution in [2.24, 2.45) is 0 Å². The highest BCUT2D eigenvalue weighted by Crippen LogP contribution is 2.32. The van der Waals surface area contributed by atoms with Gasteiger partial charge in [0.1, 0.15) is 12.4 Å². The fourth-order valence-corrected chi connectivity index (χ4v) is 4.07. The number of para-hydroxylation sites is 1. The summed E-state index contributed by atoms with van der Waals surface area (Å²) in [5.74, 6) is 0.976. The Balaban J connectivity index is 1.60. The fraction of sp³-hybridized carbons (Fsp3) is 0.478. The average molecular weight is 396 g/mol. The molecule has 0 spiro atoms. The predicted octanol–water partition coefficient (Wildman–Crippen LogP) is 3.04. The largest absolute Gasteiger partial charge is 0.487 e. The standard InChI is InChI=1S/C23H28N2O4/c1-16-12-18-20(14-28-16)19-13-25(23(26)9-11-27-2)10-8-21(19)24-22(18)15-29-17-6-4-3-5-7-17/h3-7,16H,8-15H2,1-2H3/t16-/m0/s1. The Morgan fingerprint density at radius 1 is 1.24 bits per heavy atom. The first-order valence-corrected chi connectivity index (χ1v) is 10.2. The van der Waals surface area contributed by atoms with Crippen molar-refractivity contribution >= 4 is 5.91 Å². The topological polar surface area (TPSA) is 60.9 Å². The summed E-state index contributed by atoms with van der Waals surface area (Å²) in [4.78, 5) is 19.4. The van der Waals surface area contributed by atoms with Crippen LogP contribution in [0.4, 0.5) is 0 Å². The Labute approximate surface area is 171 Å². The maximum Gasteiger partial charge on any atom is 0.225 e. The second-order valence-corrected chi connectivity index (χ2v) is 7.68. The van der Waals surface area contributed by atoms with Gasteiger partial charge in [-0.1, -0.05) is 18.2 Å². The van der Waals surface area contributed by atoms with Crippen molar-refractivity contribution in [1.82, 2.24) is 9.88 Å². The van der Waals surface area contributed by atoms with E-state index < -0.39 is 0 Å². The van der Waals surface area contributed by atoms with Gasteiger partial charge in [-0.15, -0.1) is 0 Å². The van der Waals surface area contributed by atoms with Crippen molar-refractivity contribution in [1.29, 1.82) is 0 Å². The molecule has 0 fully saturated rings. The van der Waals surface area contributed by atoms with Crippen LogP contribution in [-0.2, 0) is 46.9 Å². The number of amides is 1. The molecular weight excluding hydrogens is 368 g/mol. The molecule has 0 saturated heterocycles. The van der Waals surface area contributed by atoms with Crippen LogP contribution >= 0.6 is 0 Å². The van der Waals surface area contributed by atoms with Crippen LogP contribution in [0, 0.1) is 0 Å². The van der Waals surface area contributed by atoms with Crippen molar-refractivity contribution in [2.75, 3.05) is 20.3 Å². The van der Waals surface area contributed by atoms with E-state index in [2.05, 4.69) is 6.92 Å². The van der Waals surface area contributed by atoms with E-state index in [0.717, 1.165) is 35.5 Å². The first-order valence-electron chi connectivity index (χ1n) is 10.2. The van der Waals surface area contributed by atoms with Crippen molar-refractivity contribution in [2.45, 2.75) is 52.0 Å². The molecule has 1 atom stereocenters. The third kappa shape index (κ3) is 4.43. The third-order valence-electron chi connectivity index (χ3n) is 5.66. The number of methoxy groups -OCH3 is 1. The second kappa shape index (κ2) is 8.93. The number of pyridine rings is 1. The van der Waals surface area contributed by atoms with Crippen LogP contribution in [0.15, 0.2) is 30.3 Å².